The fraction of sp³-hybridized carbons (Fsp3) is 0.208. The van der Waals surface area contributed by atoms with Gasteiger partial charge in [0.1, 0.15) is 0 Å². The number of hydrogen-bond acceptors (Lipinski definition) is 6. The number of ether oxygens (including phenoxy) is 1. The van der Waals surface area contributed by atoms with E-state index in [9.17, 15) is 9.59 Å². The van der Waals surface area contributed by atoms with Crippen LogP contribution in [-0.4, -0.2) is 41.9 Å². The Balaban J connectivity index is 1.80. The number of imidazole rings is 1. The highest BCUT2D eigenvalue weighted by atomic mass is 16.5. The summed E-state index contributed by atoms with van der Waals surface area (Å²) in [4.78, 5) is 34.2. The molecule has 10 nitrogen and oxygen atoms in total. The molecule has 0 aliphatic heterocycles. The van der Waals surface area contributed by atoms with Crippen LogP contribution in [0.4, 0.5) is 0 Å². The lowest BCUT2D eigenvalue weighted by Crippen LogP contribution is -2.21. The number of amides is 1. The molecule has 0 spiro atoms. The molecule has 1 amide bonds. The predicted octanol–water partition coefficient (Wildman–Crippen LogP) is 2.23. The van der Waals surface area contributed by atoms with E-state index in [1.807, 2.05) is 38.4 Å². The molecule has 172 valence electrons. The molecule has 5 aromatic rings. The van der Waals surface area contributed by atoms with Crippen LogP contribution < -0.4 is 11.4 Å². The Morgan fingerprint density at radius 3 is 2.59 bits per heavy atom. The first-order valence-corrected chi connectivity index (χ1v) is 10.6. The first-order chi connectivity index (χ1) is 16.3. The third-order valence-corrected chi connectivity index (χ3v) is 5.96. The molecule has 34 heavy (non-hydrogen) atoms. The van der Waals surface area contributed by atoms with Crippen LogP contribution in [0.3, 0.4) is 0 Å². The van der Waals surface area contributed by atoms with Crippen molar-refractivity contribution >= 4 is 27.8 Å². The highest BCUT2D eigenvalue weighted by molar-refractivity contribution is 6.05. The number of aromatic nitrogens is 6. The number of primary amides is 1. The molecule has 0 aliphatic carbocycles. The lowest BCUT2D eigenvalue weighted by atomic mass is 10.0. The van der Waals surface area contributed by atoms with Crippen LogP contribution in [-0.2, 0) is 25.4 Å². The molecule has 10 heteroatoms. The molecular formula is C24H23N7O3. The van der Waals surface area contributed by atoms with Crippen molar-refractivity contribution in [1.29, 1.82) is 0 Å². The molecule has 0 radical (unpaired) electrons. The first kappa shape index (κ1) is 21.5. The Bertz CT molecular complexity index is 1660. The number of pyridine rings is 2. The molecule has 4 heterocycles. The summed E-state index contributed by atoms with van der Waals surface area (Å²) in [5, 5.41) is 5.20. The number of fused-ring (bicyclic) bond motifs is 3. The Morgan fingerprint density at radius 2 is 1.91 bits per heavy atom. The normalized spacial score (nSPS) is 11.5. The Morgan fingerprint density at radius 1 is 1.12 bits per heavy atom. The minimum absolute atomic E-state index is 0.182. The summed E-state index contributed by atoms with van der Waals surface area (Å²) in [5.74, 6) is -0.574. The SMILES string of the molecule is COCc1ncc(-c2ccc3ncc4c(c3c2)n(-c2cn(C)nc2C)c(=O)n4C)cc1C(N)=O. The van der Waals surface area contributed by atoms with E-state index in [1.165, 1.54) is 7.11 Å². The molecule has 0 unspecified atom stereocenters. The van der Waals surface area contributed by atoms with Gasteiger partial charge in [0.05, 0.1) is 52.0 Å². The van der Waals surface area contributed by atoms with Crippen molar-refractivity contribution in [1.82, 2.24) is 28.9 Å². The molecule has 5 rings (SSSR count). The van der Waals surface area contributed by atoms with E-state index >= 15 is 0 Å². The van der Waals surface area contributed by atoms with E-state index in [-0.39, 0.29) is 12.3 Å². The fourth-order valence-electron chi connectivity index (χ4n) is 4.32. The van der Waals surface area contributed by atoms with Crippen LogP contribution in [0, 0.1) is 6.92 Å². The maximum absolute atomic E-state index is 13.3. The minimum atomic E-state index is -0.574. The van der Waals surface area contributed by atoms with Crippen molar-refractivity contribution in [3.63, 3.8) is 0 Å². The number of carbonyl (C=O) groups excluding carboxylic acids is 1. The summed E-state index contributed by atoms with van der Waals surface area (Å²) >= 11 is 0. The van der Waals surface area contributed by atoms with Gasteiger partial charge in [0.25, 0.3) is 5.91 Å². The highest BCUT2D eigenvalue weighted by Crippen LogP contribution is 2.30. The molecule has 0 bridgehead atoms. The highest BCUT2D eigenvalue weighted by Gasteiger charge is 2.19. The van der Waals surface area contributed by atoms with E-state index in [1.54, 1.807) is 39.3 Å². The van der Waals surface area contributed by atoms with Gasteiger partial charge in [-0.05, 0) is 30.7 Å². The number of nitrogens with two attached hydrogens (primary N) is 1. The second kappa shape index (κ2) is 7.92. The molecule has 0 saturated heterocycles. The number of rotatable bonds is 5. The zero-order valence-electron chi connectivity index (χ0n) is 19.2. The smallest absolute Gasteiger partial charge is 0.333 e. The number of benzene rings is 1. The maximum atomic E-state index is 13.3. The average molecular weight is 457 g/mol. The lowest BCUT2D eigenvalue weighted by Gasteiger charge is -2.10. The number of carbonyl (C=O) groups is 1. The molecule has 0 atom stereocenters. The largest absolute Gasteiger partial charge is 0.378 e. The number of methoxy groups -OCH3 is 1. The topological polar surface area (TPSA) is 123 Å². The fourth-order valence-corrected chi connectivity index (χ4v) is 4.32. The van der Waals surface area contributed by atoms with Crippen LogP contribution in [0.5, 0.6) is 0 Å². The molecule has 1 aromatic carbocycles. The second-order valence-electron chi connectivity index (χ2n) is 8.19. The van der Waals surface area contributed by atoms with Gasteiger partial charge in [-0.25, -0.2) is 4.79 Å². The molecule has 2 N–H and O–H groups in total. The average Bonchev–Trinajstić information content (AvgIpc) is 3.28. The molecule has 0 fully saturated rings. The molecule has 0 saturated carbocycles. The third kappa shape index (κ3) is 3.27. The van der Waals surface area contributed by atoms with Gasteiger partial charge in [-0.1, -0.05) is 6.07 Å². The summed E-state index contributed by atoms with van der Waals surface area (Å²) < 4.78 is 10.1. The van der Waals surface area contributed by atoms with Crippen molar-refractivity contribution in [3.8, 4) is 16.8 Å². The van der Waals surface area contributed by atoms with Crippen LogP contribution in [0.25, 0.3) is 38.8 Å². The zero-order valence-corrected chi connectivity index (χ0v) is 19.2. The van der Waals surface area contributed by atoms with E-state index in [4.69, 9.17) is 10.5 Å². The van der Waals surface area contributed by atoms with Crippen LogP contribution >= 0.6 is 0 Å². The van der Waals surface area contributed by atoms with Gasteiger partial charge in [0.2, 0.25) is 0 Å². The van der Waals surface area contributed by atoms with Gasteiger partial charge < -0.3 is 10.5 Å². The zero-order chi connectivity index (χ0) is 24.1. The Hall–Kier alpha value is -4.31. The van der Waals surface area contributed by atoms with Gasteiger partial charge in [0.15, 0.2) is 0 Å². The predicted molar refractivity (Wildman–Crippen MR) is 128 cm³/mol. The minimum Gasteiger partial charge on any atom is -0.378 e. The number of hydrogen-bond donors (Lipinski definition) is 1. The van der Waals surface area contributed by atoms with E-state index in [2.05, 4.69) is 15.1 Å². The maximum Gasteiger partial charge on any atom is 0.333 e. The lowest BCUT2D eigenvalue weighted by molar-refractivity contribution is 0.0994. The summed E-state index contributed by atoms with van der Waals surface area (Å²) in [6, 6.07) is 7.44. The van der Waals surface area contributed by atoms with Gasteiger partial charge in [-0.2, -0.15) is 5.10 Å². The van der Waals surface area contributed by atoms with E-state index in [0.29, 0.717) is 22.5 Å². The van der Waals surface area contributed by atoms with Crippen molar-refractivity contribution in [2.24, 2.45) is 19.8 Å². The van der Waals surface area contributed by atoms with E-state index in [0.717, 1.165) is 33.2 Å². The number of nitrogens with zero attached hydrogens (tertiary/aromatic N) is 6. The monoisotopic (exact) mass is 457 g/mol. The summed E-state index contributed by atoms with van der Waals surface area (Å²) in [6.45, 7) is 2.05. The molecule has 4 aromatic heterocycles. The number of aryl methyl sites for hydroxylation is 3. The molecular weight excluding hydrogens is 434 g/mol. The molecule has 0 aliphatic rings. The first-order valence-electron chi connectivity index (χ1n) is 10.6. The summed E-state index contributed by atoms with van der Waals surface area (Å²) in [5.41, 5.74) is 11.3. The van der Waals surface area contributed by atoms with Crippen molar-refractivity contribution in [2.75, 3.05) is 7.11 Å². The Labute approximate surface area is 194 Å². The van der Waals surface area contributed by atoms with Crippen LogP contribution in [0.15, 0.2) is 47.7 Å². The van der Waals surface area contributed by atoms with E-state index < -0.39 is 5.91 Å². The summed E-state index contributed by atoms with van der Waals surface area (Å²) in [7, 11) is 5.08. The Kier molecular flexibility index (Phi) is 5.02. The van der Waals surface area contributed by atoms with Crippen molar-refractivity contribution < 1.29 is 9.53 Å². The van der Waals surface area contributed by atoms with Gasteiger partial charge in [-0.15, -0.1) is 0 Å². The standard InChI is InChI=1S/C24H23N7O3/c1-13-21(11-29(2)28-13)31-22-16-7-14(5-6-18(16)27-10-20(22)30(3)24(31)33)15-8-17(23(25)32)19(12-34-4)26-9-15/h5-11H,12H2,1-4H3,(H2,25,32). The van der Waals surface area contributed by atoms with Gasteiger partial charge in [-0.3, -0.25) is 28.6 Å². The summed E-state index contributed by atoms with van der Waals surface area (Å²) in [6.07, 6.45) is 5.20. The third-order valence-electron chi connectivity index (χ3n) is 5.96. The van der Waals surface area contributed by atoms with Crippen molar-refractivity contribution in [2.45, 2.75) is 13.5 Å². The second-order valence-corrected chi connectivity index (χ2v) is 8.19. The van der Waals surface area contributed by atoms with Gasteiger partial charge in [0, 0.05) is 44.5 Å². The quantitative estimate of drug-likeness (QED) is 0.432. The van der Waals surface area contributed by atoms with Crippen molar-refractivity contribution in [3.05, 3.63) is 70.3 Å². The van der Waals surface area contributed by atoms with Crippen LogP contribution in [0.2, 0.25) is 0 Å². The van der Waals surface area contributed by atoms with Crippen LogP contribution in [0.1, 0.15) is 21.7 Å². The van der Waals surface area contributed by atoms with Gasteiger partial charge >= 0.3 is 5.69 Å².